The number of aliphatic hydroxyl groups is 2. The minimum Gasteiger partial charge on any atom is -0.393 e. The molecule has 2 N–H and O–H groups in total. The molecule has 2 heteroatoms. The number of unbranched alkanes of at least 4 members (excludes halogenated alkanes) is 2. The van der Waals surface area contributed by atoms with E-state index in [-0.39, 0.29) is 12.2 Å². The maximum Gasteiger partial charge on any atom is 0.0540 e. The average Bonchev–Trinajstić information content (AvgIpc) is 2.48. The van der Waals surface area contributed by atoms with E-state index >= 15 is 0 Å². The van der Waals surface area contributed by atoms with E-state index in [0.717, 1.165) is 37.5 Å². The zero-order valence-electron chi connectivity index (χ0n) is 14.2. The molecule has 2 saturated carbocycles. The second-order valence-electron chi connectivity index (χ2n) is 7.97. The molecule has 2 nitrogen and oxygen atoms in total. The summed E-state index contributed by atoms with van der Waals surface area (Å²) in [7, 11) is 0. The number of rotatable bonds is 6. The topological polar surface area (TPSA) is 40.5 Å². The molecule has 0 bridgehead atoms. The summed E-state index contributed by atoms with van der Waals surface area (Å²) >= 11 is 0. The lowest BCUT2D eigenvalue weighted by molar-refractivity contribution is -0.0156. The van der Waals surface area contributed by atoms with Gasteiger partial charge in [-0.15, -0.1) is 0 Å². The Labute approximate surface area is 131 Å². The molecule has 2 aliphatic rings. The largest absolute Gasteiger partial charge is 0.393 e. The van der Waals surface area contributed by atoms with Crippen molar-refractivity contribution in [2.75, 3.05) is 0 Å². The zero-order valence-corrected chi connectivity index (χ0v) is 14.2. The van der Waals surface area contributed by atoms with Gasteiger partial charge in [-0.3, -0.25) is 0 Å². The normalized spacial score (nSPS) is 37.1. The van der Waals surface area contributed by atoms with E-state index in [1.165, 1.54) is 51.4 Å². The second-order valence-corrected chi connectivity index (χ2v) is 7.97. The molecule has 0 aromatic heterocycles. The van der Waals surface area contributed by atoms with E-state index in [2.05, 4.69) is 13.8 Å². The first-order valence-electron chi connectivity index (χ1n) is 9.42. The molecule has 0 heterocycles. The van der Waals surface area contributed by atoms with Gasteiger partial charge in [-0.25, -0.2) is 0 Å². The van der Waals surface area contributed by atoms with Crippen molar-refractivity contribution < 1.29 is 10.2 Å². The van der Waals surface area contributed by atoms with Gasteiger partial charge in [-0.05, 0) is 75.0 Å². The second kappa shape index (κ2) is 7.97. The van der Waals surface area contributed by atoms with Gasteiger partial charge in [0, 0.05) is 0 Å². The molecular formula is C19H36O2. The van der Waals surface area contributed by atoms with Crippen molar-refractivity contribution in [1.82, 2.24) is 0 Å². The Balaban J connectivity index is 2.02. The molecule has 0 saturated heterocycles. The van der Waals surface area contributed by atoms with Gasteiger partial charge in [0.15, 0.2) is 0 Å². The molecule has 124 valence electrons. The fourth-order valence-electron chi connectivity index (χ4n) is 4.97. The van der Waals surface area contributed by atoms with Gasteiger partial charge in [0.05, 0.1) is 12.2 Å². The van der Waals surface area contributed by atoms with Gasteiger partial charge < -0.3 is 10.2 Å². The van der Waals surface area contributed by atoms with E-state index < -0.39 is 0 Å². The van der Waals surface area contributed by atoms with E-state index in [0.29, 0.717) is 5.41 Å². The third-order valence-corrected chi connectivity index (χ3v) is 6.58. The third kappa shape index (κ3) is 4.45. The monoisotopic (exact) mass is 296 g/mol. The minimum absolute atomic E-state index is 0.0469. The van der Waals surface area contributed by atoms with Crippen molar-refractivity contribution in [2.24, 2.45) is 17.3 Å². The standard InChI is InChI=1S/C19H36O2/c1-3-4-5-14-19(2,15-6-10-17(20)11-7-15)16-8-12-18(21)13-9-16/h15-18,20-21H,3-14H2,1-2H3. The van der Waals surface area contributed by atoms with Crippen LogP contribution in [0.25, 0.3) is 0 Å². The lowest BCUT2D eigenvalue weighted by Gasteiger charge is -2.48. The van der Waals surface area contributed by atoms with Crippen LogP contribution in [-0.4, -0.2) is 22.4 Å². The highest BCUT2D eigenvalue weighted by Crippen LogP contribution is 2.51. The van der Waals surface area contributed by atoms with Gasteiger partial charge in [-0.1, -0.05) is 33.1 Å². The zero-order chi connectivity index (χ0) is 15.3. The molecular weight excluding hydrogens is 260 g/mol. The summed E-state index contributed by atoms with van der Waals surface area (Å²) in [6.07, 6.45) is 14.1. The third-order valence-electron chi connectivity index (χ3n) is 6.58. The van der Waals surface area contributed by atoms with Crippen molar-refractivity contribution in [2.45, 2.75) is 103 Å². The van der Waals surface area contributed by atoms with Crippen molar-refractivity contribution in [3.8, 4) is 0 Å². The number of hydrogen-bond donors (Lipinski definition) is 2. The lowest BCUT2D eigenvalue weighted by atomic mass is 9.57. The molecule has 0 aromatic rings. The smallest absolute Gasteiger partial charge is 0.0540 e. The highest BCUT2D eigenvalue weighted by molar-refractivity contribution is 4.93. The fraction of sp³-hybridized carbons (Fsp3) is 1.00. The van der Waals surface area contributed by atoms with Crippen LogP contribution in [0.5, 0.6) is 0 Å². The van der Waals surface area contributed by atoms with Crippen LogP contribution in [0.2, 0.25) is 0 Å². The molecule has 0 amide bonds. The molecule has 0 aliphatic heterocycles. The molecule has 2 aliphatic carbocycles. The van der Waals surface area contributed by atoms with Crippen LogP contribution < -0.4 is 0 Å². The Hall–Kier alpha value is -0.0800. The summed E-state index contributed by atoms with van der Waals surface area (Å²) in [6.45, 7) is 4.82. The van der Waals surface area contributed by atoms with E-state index in [1.807, 2.05) is 0 Å². The summed E-state index contributed by atoms with van der Waals surface area (Å²) in [4.78, 5) is 0. The van der Waals surface area contributed by atoms with Crippen LogP contribution in [0.4, 0.5) is 0 Å². The molecule has 2 rings (SSSR count). The van der Waals surface area contributed by atoms with Gasteiger partial charge in [0.1, 0.15) is 0 Å². The van der Waals surface area contributed by atoms with Crippen molar-refractivity contribution in [1.29, 1.82) is 0 Å². The molecule has 0 spiro atoms. The molecule has 0 atom stereocenters. The fourth-order valence-corrected chi connectivity index (χ4v) is 4.97. The van der Waals surface area contributed by atoms with Crippen LogP contribution >= 0.6 is 0 Å². The Bertz CT molecular complexity index is 264. The average molecular weight is 296 g/mol. The van der Waals surface area contributed by atoms with E-state index in [1.54, 1.807) is 0 Å². The summed E-state index contributed by atoms with van der Waals surface area (Å²) in [5, 5.41) is 19.6. The Morgan fingerprint density at radius 1 is 0.762 bits per heavy atom. The van der Waals surface area contributed by atoms with Crippen molar-refractivity contribution >= 4 is 0 Å². The summed E-state index contributed by atoms with van der Waals surface area (Å²) in [5.41, 5.74) is 0.440. The first-order valence-corrected chi connectivity index (χ1v) is 9.42. The number of aliphatic hydroxyl groups excluding tert-OH is 2. The minimum atomic E-state index is -0.0469. The molecule has 0 aromatic carbocycles. The molecule has 0 unspecified atom stereocenters. The Morgan fingerprint density at radius 3 is 1.57 bits per heavy atom. The first-order chi connectivity index (χ1) is 10.1. The van der Waals surface area contributed by atoms with Crippen LogP contribution in [0.15, 0.2) is 0 Å². The highest BCUT2D eigenvalue weighted by atomic mass is 16.3. The van der Waals surface area contributed by atoms with E-state index in [4.69, 9.17) is 0 Å². The van der Waals surface area contributed by atoms with Gasteiger partial charge in [-0.2, -0.15) is 0 Å². The summed E-state index contributed by atoms with van der Waals surface area (Å²) < 4.78 is 0. The first kappa shape index (κ1) is 17.3. The molecule has 2 fully saturated rings. The lowest BCUT2D eigenvalue weighted by Crippen LogP contribution is -2.40. The van der Waals surface area contributed by atoms with Crippen LogP contribution in [0.3, 0.4) is 0 Å². The predicted octanol–water partition coefficient (Wildman–Crippen LogP) is 4.68. The SMILES string of the molecule is CCCCCC(C)(C1CCC(O)CC1)C1CCC(O)CC1. The van der Waals surface area contributed by atoms with Crippen LogP contribution in [-0.2, 0) is 0 Å². The van der Waals surface area contributed by atoms with Crippen LogP contribution in [0, 0.1) is 17.3 Å². The van der Waals surface area contributed by atoms with Gasteiger partial charge in [0.25, 0.3) is 0 Å². The Morgan fingerprint density at radius 2 is 1.19 bits per heavy atom. The van der Waals surface area contributed by atoms with Crippen molar-refractivity contribution in [3.05, 3.63) is 0 Å². The maximum absolute atomic E-state index is 9.82. The quantitative estimate of drug-likeness (QED) is 0.699. The van der Waals surface area contributed by atoms with Gasteiger partial charge >= 0.3 is 0 Å². The van der Waals surface area contributed by atoms with Crippen molar-refractivity contribution in [3.63, 3.8) is 0 Å². The maximum atomic E-state index is 9.82. The van der Waals surface area contributed by atoms with E-state index in [9.17, 15) is 10.2 Å². The predicted molar refractivity (Wildman–Crippen MR) is 88.2 cm³/mol. The number of hydrogen-bond acceptors (Lipinski definition) is 2. The summed E-state index contributed by atoms with van der Waals surface area (Å²) in [5.74, 6) is 1.58. The van der Waals surface area contributed by atoms with Crippen LogP contribution in [0.1, 0.15) is 90.9 Å². The molecule has 21 heavy (non-hydrogen) atoms. The molecule has 0 radical (unpaired) electrons. The van der Waals surface area contributed by atoms with Gasteiger partial charge in [0.2, 0.25) is 0 Å². The Kier molecular flexibility index (Phi) is 6.55. The highest BCUT2D eigenvalue weighted by Gasteiger charge is 2.42. The summed E-state index contributed by atoms with van der Waals surface area (Å²) in [6, 6.07) is 0.